The fraction of sp³-hybridized carbons (Fsp3) is 0.536. The van der Waals surface area contributed by atoms with E-state index in [-0.39, 0.29) is 24.4 Å². The van der Waals surface area contributed by atoms with Gasteiger partial charge in [0.15, 0.2) is 11.5 Å². The summed E-state index contributed by atoms with van der Waals surface area (Å²) in [4.78, 5) is 14.9. The van der Waals surface area contributed by atoms with Crippen molar-refractivity contribution in [3.05, 3.63) is 53.6 Å². The first-order valence-electron chi connectivity index (χ1n) is 13.1. The highest BCUT2D eigenvalue weighted by atomic mass is 32.2. The maximum Gasteiger partial charge on any atom is 0.309 e. The number of carbonyl (C=O) groups is 1. The molecule has 1 saturated heterocycles. The van der Waals surface area contributed by atoms with Crippen LogP contribution in [-0.4, -0.2) is 74.5 Å². The smallest absolute Gasteiger partial charge is 0.309 e. The second-order valence-electron chi connectivity index (χ2n) is 10.4. The Bertz CT molecular complexity index is 1220. The molecule has 0 unspecified atom stereocenters. The zero-order chi connectivity index (χ0) is 27.4. The van der Waals surface area contributed by atoms with Crippen molar-refractivity contribution < 1.29 is 32.5 Å². The Balaban J connectivity index is 1.68. The number of nitrogens with zero attached hydrogens (tertiary/aromatic N) is 2. The third kappa shape index (κ3) is 6.08. The van der Waals surface area contributed by atoms with Gasteiger partial charge >= 0.3 is 5.97 Å². The number of likely N-dealkylation sites (tertiary alicyclic amines) is 1. The normalized spacial score (nSPS) is 21.4. The molecule has 9 nitrogen and oxygen atoms in total. The molecule has 4 rings (SSSR count). The van der Waals surface area contributed by atoms with E-state index in [4.69, 9.17) is 14.2 Å². The number of carboxylic acids is 1. The Morgan fingerprint density at radius 2 is 1.82 bits per heavy atom. The lowest BCUT2D eigenvalue weighted by Crippen LogP contribution is -2.42. The van der Waals surface area contributed by atoms with Crippen LogP contribution in [0.5, 0.6) is 17.2 Å². The Morgan fingerprint density at radius 1 is 1.13 bits per heavy atom. The van der Waals surface area contributed by atoms with Crippen molar-refractivity contribution in [3.63, 3.8) is 0 Å². The minimum Gasteiger partial charge on any atom is -0.497 e. The van der Waals surface area contributed by atoms with Crippen LogP contribution in [0, 0.1) is 11.8 Å². The van der Waals surface area contributed by atoms with Gasteiger partial charge in [0.25, 0.3) is 0 Å². The second kappa shape index (κ2) is 11.9. The molecule has 2 aromatic rings. The van der Waals surface area contributed by atoms with E-state index in [1.54, 1.807) is 11.4 Å². The lowest BCUT2D eigenvalue weighted by molar-refractivity contribution is -0.143. The highest BCUT2D eigenvalue weighted by Crippen LogP contribution is 2.47. The zero-order valence-electron chi connectivity index (χ0n) is 22.5. The number of fused-ring (bicyclic) bond motifs is 1. The molecule has 1 fully saturated rings. The first-order valence-corrected chi connectivity index (χ1v) is 14.7. The lowest BCUT2D eigenvalue weighted by Gasteiger charge is -2.30. The molecule has 1 N–H and O–H groups in total. The van der Waals surface area contributed by atoms with Gasteiger partial charge < -0.3 is 19.3 Å². The van der Waals surface area contributed by atoms with Crippen LogP contribution in [0.3, 0.4) is 0 Å². The number of methoxy groups -OCH3 is 1. The summed E-state index contributed by atoms with van der Waals surface area (Å²) in [6.07, 6.45) is 0.544. The number of rotatable bonds is 12. The van der Waals surface area contributed by atoms with Crippen LogP contribution < -0.4 is 14.2 Å². The van der Waals surface area contributed by atoms with Crippen LogP contribution in [0.4, 0.5) is 0 Å². The molecule has 3 atom stereocenters. The number of ether oxygens (including phenoxy) is 3. The molecule has 2 heterocycles. The molecule has 2 aliphatic rings. The highest BCUT2D eigenvalue weighted by molar-refractivity contribution is 7.89. The van der Waals surface area contributed by atoms with Crippen LogP contribution in [0.15, 0.2) is 42.5 Å². The van der Waals surface area contributed by atoms with E-state index in [1.807, 2.05) is 63.2 Å². The van der Waals surface area contributed by atoms with E-state index < -0.39 is 28.0 Å². The van der Waals surface area contributed by atoms with Gasteiger partial charge in [-0.15, -0.1) is 0 Å². The highest BCUT2D eigenvalue weighted by Gasteiger charge is 2.47. The lowest BCUT2D eigenvalue weighted by atomic mass is 9.82. The third-order valence-electron chi connectivity index (χ3n) is 7.23. The molecule has 0 aromatic heterocycles. The number of hydrogen-bond acceptors (Lipinski definition) is 7. The molecule has 208 valence electrons. The van der Waals surface area contributed by atoms with E-state index in [2.05, 4.69) is 4.90 Å². The Morgan fingerprint density at radius 3 is 2.45 bits per heavy atom. The van der Waals surface area contributed by atoms with Crippen molar-refractivity contribution in [2.45, 2.75) is 39.2 Å². The number of hydrogen-bond donors (Lipinski definition) is 1. The van der Waals surface area contributed by atoms with Crippen LogP contribution in [0.2, 0.25) is 0 Å². The van der Waals surface area contributed by atoms with Gasteiger partial charge in [0.2, 0.25) is 16.8 Å². The topological polar surface area (TPSA) is 106 Å². The Kier molecular flexibility index (Phi) is 8.85. The minimum absolute atomic E-state index is 0.0964. The average molecular weight is 547 g/mol. The van der Waals surface area contributed by atoms with Gasteiger partial charge in [0.1, 0.15) is 5.75 Å². The van der Waals surface area contributed by atoms with E-state index >= 15 is 0 Å². The molecule has 2 aromatic carbocycles. The van der Waals surface area contributed by atoms with Gasteiger partial charge in [-0.2, -0.15) is 0 Å². The van der Waals surface area contributed by atoms with Crippen LogP contribution in [0.1, 0.15) is 50.3 Å². The van der Waals surface area contributed by atoms with Gasteiger partial charge in [0.05, 0.1) is 18.8 Å². The first kappa shape index (κ1) is 28.2. The molecular weight excluding hydrogens is 508 g/mol. The SMILES string of the molecule is CCCS(=O)(=O)N(CCN1C[C@H](c2ccc3c(c2)OCO3)[C@@H](C(=O)O)[C@@H]1c1ccc(OC)cc1)CC(C)C. The fourth-order valence-electron chi connectivity index (χ4n) is 5.52. The molecule has 0 amide bonds. The molecule has 0 saturated carbocycles. The van der Waals surface area contributed by atoms with Crippen LogP contribution >= 0.6 is 0 Å². The summed E-state index contributed by atoms with van der Waals surface area (Å²) in [6.45, 7) is 7.61. The van der Waals surface area contributed by atoms with Gasteiger partial charge in [-0.1, -0.05) is 39.0 Å². The van der Waals surface area contributed by atoms with Gasteiger partial charge in [-0.25, -0.2) is 12.7 Å². The number of sulfonamides is 1. The number of carboxylic acid groups (broad SMARTS) is 1. The quantitative estimate of drug-likeness (QED) is 0.427. The summed E-state index contributed by atoms with van der Waals surface area (Å²) >= 11 is 0. The standard InChI is InChI=1S/C28H38N2O7S/c1-5-14-38(33,34)30(16-19(2)3)13-12-29-17-23(21-8-11-24-25(15-21)37-18-36-24)26(28(31)32)27(29)20-6-9-22(35-4)10-7-20/h6-11,15,19,23,26-27H,5,12-14,16-18H2,1-4H3,(H,31,32)/t23-,26-,27+/m1/s1. The molecular formula is C28H38N2O7S. The summed E-state index contributed by atoms with van der Waals surface area (Å²) < 4.78 is 44.0. The third-order valence-corrected chi connectivity index (χ3v) is 9.27. The fourth-order valence-corrected chi connectivity index (χ4v) is 7.18. The van der Waals surface area contributed by atoms with E-state index in [0.29, 0.717) is 49.8 Å². The molecule has 10 heteroatoms. The monoisotopic (exact) mass is 546 g/mol. The molecule has 0 spiro atoms. The van der Waals surface area contributed by atoms with Gasteiger partial charge in [0, 0.05) is 38.1 Å². The summed E-state index contributed by atoms with van der Waals surface area (Å²) in [5.41, 5.74) is 1.72. The number of aliphatic carboxylic acids is 1. The summed E-state index contributed by atoms with van der Waals surface area (Å²) in [7, 11) is -1.82. The zero-order valence-corrected chi connectivity index (χ0v) is 23.3. The predicted octanol–water partition coefficient (Wildman–Crippen LogP) is 3.96. The summed E-state index contributed by atoms with van der Waals surface area (Å²) in [6, 6.07) is 12.6. The molecule has 38 heavy (non-hydrogen) atoms. The van der Waals surface area contributed by atoms with Crippen molar-refractivity contribution in [3.8, 4) is 17.2 Å². The van der Waals surface area contributed by atoms with E-state index in [0.717, 1.165) is 11.1 Å². The van der Waals surface area contributed by atoms with Crippen molar-refractivity contribution in [2.75, 3.05) is 45.8 Å². The Hall–Kier alpha value is -2.82. The van der Waals surface area contributed by atoms with Gasteiger partial charge in [-0.3, -0.25) is 9.69 Å². The molecule has 0 aliphatic carbocycles. The maximum atomic E-state index is 13.0. The van der Waals surface area contributed by atoms with Crippen molar-refractivity contribution in [1.82, 2.24) is 9.21 Å². The molecule has 0 bridgehead atoms. The number of benzene rings is 2. The van der Waals surface area contributed by atoms with E-state index in [1.165, 1.54) is 0 Å². The van der Waals surface area contributed by atoms with Crippen LogP contribution in [-0.2, 0) is 14.8 Å². The Labute approximate surface area is 225 Å². The molecule has 2 aliphatic heterocycles. The van der Waals surface area contributed by atoms with Crippen molar-refractivity contribution in [1.29, 1.82) is 0 Å². The van der Waals surface area contributed by atoms with Crippen molar-refractivity contribution >= 4 is 16.0 Å². The maximum absolute atomic E-state index is 13.0. The molecule has 0 radical (unpaired) electrons. The first-order chi connectivity index (χ1) is 18.1. The second-order valence-corrected chi connectivity index (χ2v) is 12.5. The predicted molar refractivity (Wildman–Crippen MR) is 144 cm³/mol. The average Bonchev–Trinajstić information content (AvgIpc) is 3.50. The summed E-state index contributed by atoms with van der Waals surface area (Å²) in [5.74, 6) is 0.256. The van der Waals surface area contributed by atoms with E-state index in [9.17, 15) is 18.3 Å². The largest absolute Gasteiger partial charge is 0.497 e. The minimum atomic E-state index is -3.41. The van der Waals surface area contributed by atoms with Crippen molar-refractivity contribution in [2.24, 2.45) is 11.8 Å². The van der Waals surface area contributed by atoms with Gasteiger partial charge in [-0.05, 0) is 47.7 Å². The summed E-state index contributed by atoms with van der Waals surface area (Å²) in [5, 5.41) is 10.5. The van der Waals surface area contributed by atoms with Crippen LogP contribution in [0.25, 0.3) is 0 Å².